The number of halogens is 3. The van der Waals surface area contributed by atoms with E-state index in [4.69, 9.17) is 4.74 Å². The zero-order valence-electron chi connectivity index (χ0n) is 12.4. The van der Waals surface area contributed by atoms with Gasteiger partial charge in [-0.25, -0.2) is 4.79 Å². The average molecular weight is 329 g/mol. The zero-order chi connectivity index (χ0) is 17.2. The number of carbonyl (C=O) groups excluding carboxylic acids is 2. The number of nitrogens with zero attached hydrogens (tertiary/aromatic N) is 1. The molecule has 0 radical (unpaired) electrons. The van der Waals surface area contributed by atoms with E-state index >= 15 is 0 Å². The van der Waals surface area contributed by atoms with Gasteiger partial charge in [-0.3, -0.25) is 4.79 Å². The minimum Gasteiger partial charge on any atom is -0.465 e. The zero-order valence-corrected chi connectivity index (χ0v) is 12.4. The molecule has 0 atom stereocenters. The Balaban J connectivity index is 2.73. The topological polar surface area (TPSA) is 57.5 Å². The molecule has 0 spiro atoms. The largest absolute Gasteiger partial charge is 0.465 e. The van der Waals surface area contributed by atoms with Gasteiger partial charge in [0.05, 0.1) is 24.8 Å². The van der Waals surface area contributed by atoms with E-state index < -0.39 is 23.5 Å². The van der Waals surface area contributed by atoms with Crippen molar-refractivity contribution in [2.45, 2.75) is 12.7 Å². The number of carbonyl (C=O) groups is 2. The monoisotopic (exact) mass is 329 g/mol. The Bertz CT molecular complexity index is 749. The van der Waals surface area contributed by atoms with E-state index in [2.05, 4.69) is 4.74 Å². The van der Waals surface area contributed by atoms with E-state index in [1.165, 1.54) is 29.9 Å². The summed E-state index contributed by atoms with van der Waals surface area (Å²) in [6.07, 6.45) is -3.95. The van der Waals surface area contributed by atoms with Crippen molar-refractivity contribution in [1.29, 1.82) is 0 Å². The van der Waals surface area contributed by atoms with Gasteiger partial charge in [0.25, 0.3) is 5.78 Å². The number of ketones is 1. The molecule has 124 valence electrons. The SMILES string of the molecule is COCCn1cc(C(=O)C(F)(F)F)c2c(C(=O)OC)cccc21. The number of methoxy groups -OCH3 is 2. The van der Waals surface area contributed by atoms with Crippen molar-refractivity contribution in [3.05, 3.63) is 35.5 Å². The molecule has 5 nitrogen and oxygen atoms in total. The van der Waals surface area contributed by atoms with Crippen molar-refractivity contribution in [2.75, 3.05) is 20.8 Å². The van der Waals surface area contributed by atoms with E-state index in [0.29, 0.717) is 5.52 Å². The molecule has 0 saturated carbocycles. The fourth-order valence-electron chi connectivity index (χ4n) is 2.33. The maximum Gasteiger partial charge on any atom is 0.454 e. The normalized spacial score (nSPS) is 11.7. The molecular weight excluding hydrogens is 315 g/mol. The van der Waals surface area contributed by atoms with E-state index in [-0.39, 0.29) is 24.1 Å². The Hall–Kier alpha value is -2.35. The van der Waals surface area contributed by atoms with Crippen molar-refractivity contribution >= 4 is 22.7 Å². The van der Waals surface area contributed by atoms with Crippen molar-refractivity contribution < 1.29 is 32.2 Å². The number of ether oxygens (including phenoxy) is 2. The van der Waals surface area contributed by atoms with Crippen LogP contribution in [0.3, 0.4) is 0 Å². The highest BCUT2D eigenvalue weighted by atomic mass is 19.4. The highest BCUT2D eigenvalue weighted by Gasteiger charge is 2.41. The van der Waals surface area contributed by atoms with Crippen LogP contribution in [-0.2, 0) is 16.0 Å². The third-order valence-corrected chi connectivity index (χ3v) is 3.35. The summed E-state index contributed by atoms with van der Waals surface area (Å²) in [6.45, 7) is 0.481. The number of aromatic nitrogens is 1. The summed E-state index contributed by atoms with van der Waals surface area (Å²) < 4.78 is 49.5. The lowest BCUT2D eigenvalue weighted by Gasteiger charge is -2.07. The second-order valence-electron chi connectivity index (χ2n) is 4.75. The van der Waals surface area contributed by atoms with Gasteiger partial charge in [-0.2, -0.15) is 13.2 Å². The number of fused-ring (bicyclic) bond motifs is 1. The molecule has 2 rings (SSSR count). The maximum atomic E-state index is 12.8. The molecule has 1 heterocycles. The highest BCUT2D eigenvalue weighted by molar-refractivity contribution is 6.16. The number of benzene rings is 1. The Kier molecular flexibility index (Phi) is 4.74. The van der Waals surface area contributed by atoms with E-state index in [0.717, 1.165) is 13.3 Å². The molecule has 0 aliphatic heterocycles. The minimum absolute atomic E-state index is 0.0715. The van der Waals surface area contributed by atoms with Crippen LogP contribution >= 0.6 is 0 Å². The van der Waals surface area contributed by atoms with Gasteiger partial charge in [-0.1, -0.05) is 6.07 Å². The minimum atomic E-state index is -5.04. The number of esters is 1. The van der Waals surface area contributed by atoms with Gasteiger partial charge in [-0.05, 0) is 12.1 Å². The lowest BCUT2D eigenvalue weighted by Crippen LogP contribution is -2.22. The van der Waals surface area contributed by atoms with Crippen LogP contribution in [0.4, 0.5) is 13.2 Å². The van der Waals surface area contributed by atoms with Crippen molar-refractivity contribution in [2.24, 2.45) is 0 Å². The lowest BCUT2D eigenvalue weighted by molar-refractivity contribution is -0.0884. The first-order chi connectivity index (χ1) is 10.8. The van der Waals surface area contributed by atoms with Gasteiger partial charge in [-0.15, -0.1) is 0 Å². The molecule has 0 bridgehead atoms. The first-order valence-electron chi connectivity index (χ1n) is 6.62. The third-order valence-electron chi connectivity index (χ3n) is 3.35. The van der Waals surface area contributed by atoms with Gasteiger partial charge < -0.3 is 14.0 Å². The molecule has 23 heavy (non-hydrogen) atoms. The van der Waals surface area contributed by atoms with Gasteiger partial charge >= 0.3 is 12.1 Å². The molecule has 0 aliphatic carbocycles. The number of hydrogen-bond acceptors (Lipinski definition) is 4. The van der Waals surface area contributed by atoms with Crippen molar-refractivity contribution in [3.8, 4) is 0 Å². The fraction of sp³-hybridized carbons (Fsp3) is 0.333. The predicted octanol–water partition coefficient (Wildman–Crippen LogP) is 2.82. The van der Waals surface area contributed by atoms with Gasteiger partial charge in [0.2, 0.25) is 0 Å². The molecule has 1 aromatic heterocycles. The second-order valence-corrected chi connectivity index (χ2v) is 4.75. The Labute approximate surface area is 129 Å². The summed E-state index contributed by atoms with van der Waals surface area (Å²) in [4.78, 5) is 23.5. The summed E-state index contributed by atoms with van der Waals surface area (Å²) in [7, 11) is 2.57. The Morgan fingerprint density at radius 1 is 1.17 bits per heavy atom. The van der Waals surface area contributed by atoms with Crippen LogP contribution in [0.5, 0.6) is 0 Å². The molecule has 0 amide bonds. The van der Waals surface area contributed by atoms with Crippen molar-refractivity contribution in [3.63, 3.8) is 0 Å². The lowest BCUT2D eigenvalue weighted by atomic mass is 10.0. The number of hydrogen-bond donors (Lipinski definition) is 0. The highest BCUT2D eigenvalue weighted by Crippen LogP contribution is 2.31. The number of alkyl halides is 3. The second kappa shape index (κ2) is 6.41. The first-order valence-corrected chi connectivity index (χ1v) is 6.62. The molecule has 2 aromatic rings. The molecule has 0 unspecified atom stereocenters. The summed E-state index contributed by atoms with van der Waals surface area (Å²) >= 11 is 0. The first kappa shape index (κ1) is 17.0. The van der Waals surface area contributed by atoms with Crippen LogP contribution in [0.1, 0.15) is 20.7 Å². The Morgan fingerprint density at radius 3 is 2.43 bits per heavy atom. The van der Waals surface area contributed by atoms with Gasteiger partial charge in [0, 0.05) is 30.8 Å². The summed E-state index contributed by atoms with van der Waals surface area (Å²) in [5, 5.41) is -0.0715. The van der Waals surface area contributed by atoms with E-state index in [1.807, 2.05) is 0 Å². The molecule has 0 aliphatic rings. The molecule has 0 fully saturated rings. The maximum absolute atomic E-state index is 12.8. The van der Waals surface area contributed by atoms with Crippen LogP contribution in [0.2, 0.25) is 0 Å². The number of rotatable bonds is 5. The average Bonchev–Trinajstić information content (AvgIpc) is 2.89. The van der Waals surface area contributed by atoms with Crippen LogP contribution < -0.4 is 0 Å². The van der Waals surface area contributed by atoms with Crippen LogP contribution in [-0.4, -0.2) is 43.3 Å². The van der Waals surface area contributed by atoms with Crippen LogP contribution in [0, 0.1) is 0 Å². The standard InChI is InChI=1S/C15H14F3NO4/c1-22-7-6-19-8-10(13(20)15(16,17)18)12-9(14(21)23-2)4-3-5-11(12)19/h3-5,8H,6-7H2,1-2H3. The van der Waals surface area contributed by atoms with Gasteiger partial charge in [0.15, 0.2) is 0 Å². The van der Waals surface area contributed by atoms with E-state index in [9.17, 15) is 22.8 Å². The molecule has 0 N–H and O–H groups in total. The molecular formula is C15H14F3NO4. The smallest absolute Gasteiger partial charge is 0.454 e. The molecule has 1 aromatic carbocycles. The summed E-state index contributed by atoms with van der Waals surface area (Å²) in [5.74, 6) is -2.81. The van der Waals surface area contributed by atoms with Crippen LogP contribution in [0.25, 0.3) is 10.9 Å². The van der Waals surface area contributed by atoms with Gasteiger partial charge in [0.1, 0.15) is 0 Å². The Morgan fingerprint density at radius 2 is 1.87 bits per heavy atom. The molecule has 8 heteroatoms. The quantitative estimate of drug-likeness (QED) is 0.625. The summed E-state index contributed by atoms with van der Waals surface area (Å²) in [5.41, 5.74) is -0.337. The summed E-state index contributed by atoms with van der Waals surface area (Å²) in [6, 6.07) is 4.37. The third kappa shape index (κ3) is 3.21. The fourth-order valence-corrected chi connectivity index (χ4v) is 2.33. The van der Waals surface area contributed by atoms with Crippen molar-refractivity contribution in [1.82, 2.24) is 4.57 Å². The molecule has 0 saturated heterocycles. The predicted molar refractivity (Wildman–Crippen MR) is 75.5 cm³/mol. The van der Waals surface area contributed by atoms with Crippen LogP contribution in [0.15, 0.2) is 24.4 Å². The van der Waals surface area contributed by atoms with E-state index in [1.54, 1.807) is 0 Å². The number of Topliss-reactive ketones (excluding diaryl/α,β-unsaturated/α-hetero) is 1.